The van der Waals surface area contributed by atoms with E-state index in [1.807, 2.05) is 43.3 Å². The molecule has 6 nitrogen and oxygen atoms in total. The number of benzene rings is 2. The molecule has 31 heavy (non-hydrogen) atoms. The maximum Gasteiger partial charge on any atom is 0.226 e. The first kappa shape index (κ1) is 21.1. The van der Waals surface area contributed by atoms with Crippen molar-refractivity contribution in [2.75, 3.05) is 11.9 Å². The number of aromatic nitrogens is 2. The summed E-state index contributed by atoms with van der Waals surface area (Å²) in [6.45, 7) is 4.16. The van der Waals surface area contributed by atoms with Crippen LogP contribution in [0.1, 0.15) is 36.1 Å². The first-order chi connectivity index (χ1) is 15.0. The number of anilines is 1. The Morgan fingerprint density at radius 1 is 1.13 bits per heavy atom. The van der Waals surface area contributed by atoms with Gasteiger partial charge in [-0.15, -0.1) is 0 Å². The second kappa shape index (κ2) is 9.31. The van der Waals surface area contributed by atoms with Crippen LogP contribution in [0.3, 0.4) is 0 Å². The molecule has 1 N–H and O–H groups in total. The number of nitrogens with one attached hydrogen (secondary N) is 1. The van der Waals surface area contributed by atoms with Crippen LogP contribution in [-0.2, 0) is 16.0 Å². The summed E-state index contributed by atoms with van der Waals surface area (Å²) >= 11 is 1.47. The summed E-state index contributed by atoms with van der Waals surface area (Å²) in [4.78, 5) is 36.4. The summed E-state index contributed by atoms with van der Waals surface area (Å²) in [6, 6.07) is 15.5. The van der Waals surface area contributed by atoms with E-state index in [-0.39, 0.29) is 24.3 Å². The largest absolute Gasteiger partial charge is 0.335 e. The maximum atomic E-state index is 12.9. The molecule has 158 valence electrons. The number of rotatable bonds is 5. The molecule has 0 aliphatic carbocycles. The van der Waals surface area contributed by atoms with Crippen LogP contribution in [0.15, 0.2) is 71.0 Å². The normalized spacial score (nSPS) is 15.3. The molecule has 7 heteroatoms. The molecule has 0 fully saturated rings. The summed E-state index contributed by atoms with van der Waals surface area (Å²) in [6.07, 6.45) is 4.47. The smallest absolute Gasteiger partial charge is 0.226 e. The van der Waals surface area contributed by atoms with Crippen molar-refractivity contribution in [3.8, 4) is 0 Å². The molecule has 0 bridgehead atoms. The van der Waals surface area contributed by atoms with E-state index in [9.17, 15) is 9.59 Å². The molecule has 1 aromatic heterocycles. The Labute approximate surface area is 186 Å². The van der Waals surface area contributed by atoms with Gasteiger partial charge in [0.2, 0.25) is 11.8 Å². The van der Waals surface area contributed by atoms with E-state index in [0.29, 0.717) is 11.7 Å². The van der Waals surface area contributed by atoms with E-state index in [2.05, 4.69) is 21.4 Å². The topological polar surface area (TPSA) is 75.2 Å². The highest BCUT2D eigenvalue weighted by Gasteiger charge is 2.30. The first-order valence-corrected chi connectivity index (χ1v) is 11.0. The van der Waals surface area contributed by atoms with E-state index < -0.39 is 0 Å². The third kappa shape index (κ3) is 4.94. The van der Waals surface area contributed by atoms with Gasteiger partial charge in [0.05, 0.1) is 12.5 Å². The molecule has 2 heterocycles. The zero-order valence-corrected chi connectivity index (χ0v) is 18.4. The number of nitrogens with zero attached hydrogens (tertiary/aromatic N) is 3. The van der Waals surface area contributed by atoms with Crippen LogP contribution in [-0.4, -0.2) is 33.2 Å². The summed E-state index contributed by atoms with van der Waals surface area (Å²) in [5, 5.41) is 3.70. The summed E-state index contributed by atoms with van der Waals surface area (Å²) in [5.74, 6) is -0.115. The van der Waals surface area contributed by atoms with E-state index >= 15 is 0 Å². The average molecular weight is 433 g/mol. The Kier molecular flexibility index (Phi) is 6.32. The van der Waals surface area contributed by atoms with Crippen LogP contribution in [0.5, 0.6) is 0 Å². The first-order valence-electron chi connectivity index (χ1n) is 10.2. The fourth-order valence-corrected chi connectivity index (χ4v) is 4.72. The number of fused-ring (bicyclic) bond motifs is 1. The van der Waals surface area contributed by atoms with Crippen LogP contribution < -0.4 is 5.32 Å². The third-order valence-electron chi connectivity index (χ3n) is 5.42. The third-order valence-corrected chi connectivity index (χ3v) is 6.30. The lowest BCUT2D eigenvalue weighted by atomic mass is 9.90. The zero-order valence-electron chi connectivity index (χ0n) is 17.5. The standard InChI is InChI=1S/C24H24N4O2S/c1-16-14-19(31-24-25-11-5-12-26-24)8-9-21(16)27-23(30)15-22-20-7-4-3-6-18(20)10-13-28(22)17(2)29/h3-9,11-12,14,22H,10,13,15H2,1-2H3,(H,27,30). The molecule has 0 saturated heterocycles. The van der Waals surface area contributed by atoms with Gasteiger partial charge >= 0.3 is 0 Å². The van der Waals surface area contributed by atoms with Gasteiger partial charge in [-0.1, -0.05) is 24.3 Å². The molecule has 3 aromatic rings. The highest BCUT2D eigenvalue weighted by molar-refractivity contribution is 7.99. The minimum Gasteiger partial charge on any atom is -0.335 e. The van der Waals surface area contributed by atoms with Crippen molar-refractivity contribution >= 4 is 29.3 Å². The van der Waals surface area contributed by atoms with E-state index in [1.54, 1.807) is 30.3 Å². The number of amides is 2. The average Bonchev–Trinajstić information content (AvgIpc) is 2.76. The number of carbonyl (C=O) groups excluding carboxylic acids is 2. The predicted molar refractivity (Wildman–Crippen MR) is 121 cm³/mol. The molecule has 4 rings (SSSR count). The van der Waals surface area contributed by atoms with Crippen LogP contribution in [0, 0.1) is 6.92 Å². The minimum absolute atomic E-state index is 0.00649. The Morgan fingerprint density at radius 3 is 2.65 bits per heavy atom. The van der Waals surface area contributed by atoms with Gasteiger partial charge in [0, 0.05) is 36.4 Å². The molecular formula is C24H24N4O2S. The minimum atomic E-state index is -0.243. The van der Waals surface area contributed by atoms with E-state index in [1.165, 1.54) is 17.3 Å². The predicted octanol–water partition coefficient (Wildman–Crippen LogP) is 4.41. The van der Waals surface area contributed by atoms with Crippen molar-refractivity contribution < 1.29 is 9.59 Å². The van der Waals surface area contributed by atoms with Crippen molar-refractivity contribution in [3.63, 3.8) is 0 Å². The fraction of sp³-hybridized carbons (Fsp3) is 0.250. The second-order valence-corrected chi connectivity index (χ2v) is 8.58. The van der Waals surface area contributed by atoms with Crippen LogP contribution in [0.2, 0.25) is 0 Å². The Balaban J connectivity index is 1.47. The van der Waals surface area contributed by atoms with Gasteiger partial charge in [0.25, 0.3) is 0 Å². The molecule has 0 saturated carbocycles. The molecule has 1 atom stereocenters. The fourth-order valence-electron chi connectivity index (χ4n) is 3.91. The molecule has 1 aliphatic rings. The van der Waals surface area contributed by atoms with Gasteiger partial charge in [-0.2, -0.15) is 0 Å². The number of carbonyl (C=O) groups is 2. The highest BCUT2D eigenvalue weighted by atomic mass is 32.2. The molecule has 1 aliphatic heterocycles. The zero-order chi connectivity index (χ0) is 21.8. The lowest BCUT2D eigenvalue weighted by Gasteiger charge is -2.36. The van der Waals surface area contributed by atoms with Crippen LogP contribution in [0.25, 0.3) is 0 Å². The van der Waals surface area contributed by atoms with Crippen molar-refractivity contribution in [3.05, 3.63) is 77.6 Å². The molecule has 2 aromatic carbocycles. The lowest BCUT2D eigenvalue weighted by Crippen LogP contribution is -2.40. The molecule has 0 spiro atoms. The van der Waals surface area contributed by atoms with Crippen molar-refractivity contribution in [2.45, 2.75) is 42.8 Å². The lowest BCUT2D eigenvalue weighted by molar-refractivity contribution is -0.132. The SMILES string of the molecule is CC(=O)N1CCc2ccccc2C1CC(=O)Nc1ccc(Sc2ncccn2)cc1C. The van der Waals surface area contributed by atoms with Gasteiger partial charge in [-0.3, -0.25) is 9.59 Å². The van der Waals surface area contributed by atoms with Crippen LogP contribution in [0.4, 0.5) is 5.69 Å². The Bertz CT molecular complexity index is 1100. The summed E-state index contributed by atoms with van der Waals surface area (Å²) < 4.78 is 0. The summed E-state index contributed by atoms with van der Waals surface area (Å²) in [7, 11) is 0. The molecule has 0 radical (unpaired) electrons. The molecule has 1 unspecified atom stereocenters. The molecule has 2 amide bonds. The van der Waals surface area contributed by atoms with E-state index in [0.717, 1.165) is 28.1 Å². The van der Waals surface area contributed by atoms with Crippen molar-refractivity contribution in [1.29, 1.82) is 0 Å². The highest BCUT2D eigenvalue weighted by Crippen LogP contribution is 2.33. The quantitative estimate of drug-likeness (QED) is 0.605. The van der Waals surface area contributed by atoms with Gasteiger partial charge < -0.3 is 10.2 Å². The van der Waals surface area contributed by atoms with Crippen LogP contribution >= 0.6 is 11.8 Å². The van der Waals surface area contributed by atoms with Crippen molar-refractivity contribution in [1.82, 2.24) is 14.9 Å². The van der Waals surface area contributed by atoms with E-state index in [4.69, 9.17) is 0 Å². The monoisotopic (exact) mass is 432 g/mol. The van der Waals surface area contributed by atoms with Gasteiger partial charge in [0.1, 0.15) is 0 Å². The van der Waals surface area contributed by atoms with Gasteiger partial charge in [-0.25, -0.2) is 9.97 Å². The number of hydrogen-bond donors (Lipinski definition) is 1. The number of aryl methyl sites for hydroxylation is 1. The Hall–Kier alpha value is -3.19. The molecular weight excluding hydrogens is 408 g/mol. The van der Waals surface area contributed by atoms with Crippen molar-refractivity contribution in [2.24, 2.45) is 0 Å². The Morgan fingerprint density at radius 2 is 1.90 bits per heavy atom. The van der Waals surface area contributed by atoms with Gasteiger partial charge in [0.15, 0.2) is 5.16 Å². The van der Waals surface area contributed by atoms with Gasteiger partial charge in [-0.05, 0) is 66.1 Å². The maximum absolute atomic E-state index is 12.9. The number of hydrogen-bond acceptors (Lipinski definition) is 5. The second-order valence-electron chi connectivity index (χ2n) is 7.54. The summed E-state index contributed by atoms with van der Waals surface area (Å²) in [5.41, 5.74) is 3.99.